The lowest BCUT2D eigenvalue weighted by Crippen LogP contribution is -2.33. The molecule has 1 saturated heterocycles. The number of aromatic nitrogens is 5. The first-order chi connectivity index (χ1) is 13.1. The summed E-state index contributed by atoms with van der Waals surface area (Å²) >= 11 is 0. The Kier molecular flexibility index (Phi) is 4.49. The second-order valence-electron chi connectivity index (χ2n) is 6.48. The first-order valence-corrected chi connectivity index (χ1v) is 8.71. The predicted octanol–water partition coefficient (Wildman–Crippen LogP) is 1.43. The number of H-pyrrole nitrogens is 1. The zero-order valence-corrected chi connectivity index (χ0v) is 14.8. The predicted molar refractivity (Wildman–Crippen MR) is 94.5 cm³/mol. The van der Waals surface area contributed by atoms with Crippen LogP contribution in [0.25, 0.3) is 11.3 Å². The summed E-state index contributed by atoms with van der Waals surface area (Å²) in [5, 5.41) is 7.49. The fourth-order valence-electron chi connectivity index (χ4n) is 3.30. The zero-order chi connectivity index (χ0) is 18.8. The third kappa shape index (κ3) is 3.48. The fourth-order valence-corrected chi connectivity index (χ4v) is 3.30. The number of nitrogens with one attached hydrogen (secondary N) is 1. The van der Waals surface area contributed by atoms with Gasteiger partial charge in [0.15, 0.2) is 0 Å². The highest BCUT2D eigenvalue weighted by Crippen LogP contribution is 2.30. The lowest BCUT2D eigenvalue weighted by atomic mass is 10.1. The summed E-state index contributed by atoms with van der Waals surface area (Å²) in [4.78, 5) is 38.1. The first-order valence-electron chi connectivity index (χ1n) is 8.71. The Morgan fingerprint density at radius 2 is 2.30 bits per heavy atom. The average molecular weight is 366 g/mol. The van der Waals surface area contributed by atoms with Crippen LogP contribution < -0.4 is 5.56 Å². The van der Waals surface area contributed by atoms with Crippen LogP contribution in [0.15, 0.2) is 40.0 Å². The van der Waals surface area contributed by atoms with E-state index in [0.717, 1.165) is 18.4 Å². The third-order valence-electron chi connectivity index (χ3n) is 4.67. The summed E-state index contributed by atoms with van der Waals surface area (Å²) in [6.45, 7) is 2.35. The van der Waals surface area contributed by atoms with Crippen LogP contribution in [0.4, 0.5) is 0 Å². The van der Waals surface area contributed by atoms with Crippen LogP contribution in [0.5, 0.6) is 0 Å². The molecular weight excluding hydrogens is 348 g/mol. The van der Waals surface area contributed by atoms with Gasteiger partial charge in [0.1, 0.15) is 17.2 Å². The van der Waals surface area contributed by atoms with Crippen LogP contribution in [0.1, 0.15) is 36.1 Å². The topological polar surface area (TPSA) is 118 Å². The van der Waals surface area contributed by atoms with Crippen molar-refractivity contribution in [3.8, 4) is 11.3 Å². The van der Waals surface area contributed by atoms with E-state index in [2.05, 4.69) is 29.9 Å². The molecule has 9 nitrogen and oxygen atoms in total. The van der Waals surface area contributed by atoms with Crippen molar-refractivity contribution >= 4 is 5.91 Å². The maximum atomic E-state index is 12.8. The quantitative estimate of drug-likeness (QED) is 0.742. The van der Waals surface area contributed by atoms with E-state index in [0.29, 0.717) is 29.5 Å². The van der Waals surface area contributed by atoms with Crippen molar-refractivity contribution in [1.29, 1.82) is 0 Å². The van der Waals surface area contributed by atoms with Crippen LogP contribution in [-0.4, -0.2) is 42.6 Å². The Bertz CT molecular complexity index is 1010. The molecule has 0 aliphatic carbocycles. The Morgan fingerprint density at radius 3 is 3.04 bits per heavy atom. The molecule has 0 saturated carbocycles. The number of carbonyl (C=O) groups is 1. The lowest BCUT2D eigenvalue weighted by Gasteiger charge is -2.24. The van der Waals surface area contributed by atoms with Crippen molar-refractivity contribution in [1.82, 2.24) is 30.2 Å². The molecule has 9 heteroatoms. The highest BCUT2D eigenvalue weighted by atomic mass is 16.6. The van der Waals surface area contributed by atoms with Gasteiger partial charge in [-0.3, -0.25) is 14.6 Å². The Labute approximate surface area is 154 Å². The molecular formula is C18H18N6O3. The van der Waals surface area contributed by atoms with Gasteiger partial charge in [-0.2, -0.15) is 0 Å². The average Bonchev–Trinajstić information content (AvgIpc) is 3.31. The van der Waals surface area contributed by atoms with Crippen LogP contribution in [0.2, 0.25) is 0 Å². The SMILES string of the molecule is Cc1nonc1CC(=O)N1CCCC1c1nc(-c2cccnc2)cc(=O)[nH]1. The Hall–Kier alpha value is -3.36. The molecule has 1 fully saturated rings. The van der Waals surface area contributed by atoms with Crippen molar-refractivity contribution < 1.29 is 9.42 Å². The van der Waals surface area contributed by atoms with Gasteiger partial charge in [0.05, 0.1) is 18.2 Å². The van der Waals surface area contributed by atoms with Crippen molar-refractivity contribution in [2.75, 3.05) is 6.54 Å². The van der Waals surface area contributed by atoms with Gasteiger partial charge < -0.3 is 9.88 Å². The van der Waals surface area contributed by atoms with E-state index < -0.39 is 0 Å². The van der Waals surface area contributed by atoms with Gasteiger partial charge in [0.2, 0.25) is 5.91 Å². The van der Waals surface area contributed by atoms with Gasteiger partial charge in [-0.15, -0.1) is 0 Å². The van der Waals surface area contributed by atoms with Crippen molar-refractivity contribution in [3.63, 3.8) is 0 Å². The lowest BCUT2D eigenvalue weighted by molar-refractivity contribution is -0.131. The van der Waals surface area contributed by atoms with E-state index in [1.807, 2.05) is 6.07 Å². The minimum atomic E-state index is -0.276. The molecule has 1 atom stereocenters. The summed E-state index contributed by atoms with van der Waals surface area (Å²) < 4.78 is 4.66. The number of pyridine rings is 1. The number of nitrogens with zero attached hydrogens (tertiary/aromatic N) is 5. The monoisotopic (exact) mass is 366 g/mol. The normalized spacial score (nSPS) is 16.6. The van der Waals surface area contributed by atoms with Gasteiger partial charge in [0, 0.05) is 30.6 Å². The number of hydrogen-bond donors (Lipinski definition) is 1. The van der Waals surface area contributed by atoms with Crippen molar-refractivity contribution in [2.24, 2.45) is 0 Å². The summed E-state index contributed by atoms with van der Waals surface area (Å²) in [5.41, 5.74) is 2.16. The molecule has 0 spiro atoms. The number of carbonyl (C=O) groups excluding carboxylic acids is 1. The number of rotatable bonds is 4. The van der Waals surface area contributed by atoms with E-state index in [1.54, 1.807) is 30.3 Å². The molecule has 0 aromatic carbocycles. The molecule has 1 aliphatic rings. The van der Waals surface area contributed by atoms with Crippen molar-refractivity contribution in [3.05, 3.63) is 58.2 Å². The molecule has 4 rings (SSSR count). The standard InChI is InChI=1S/C18H18N6O3/c1-11-13(23-27-22-11)9-17(26)24-7-3-5-15(24)18-20-14(8-16(25)21-18)12-4-2-6-19-10-12/h2,4,6,8,10,15H,3,5,7,9H2,1H3,(H,20,21,25). The molecule has 4 heterocycles. The zero-order valence-electron chi connectivity index (χ0n) is 14.8. The molecule has 27 heavy (non-hydrogen) atoms. The highest BCUT2D eigenvalue weighted by molar-refractivity contribution is 5.79. The number of aromatic amines is 1. The molecule has 0 bridgehead atoms. The second-order valence-corrected chi connectivity index (χ2v) is 6.48. The number of likely N-dealkylation sites (tertiary alicyclic amines) is 1. The Morgan fingerprint density at radius 1 is 1.41 bits per heavy atom. The Balaban J connectivity index is 1.62. The minimum absolute atomic E-state index is 0.0919. The van der Waals surface area contributed by atoms with E-state index in [1.165, 1.54) is 6.07 Å². The number of amides is 1. The molecule has 3 aromatic heterocycles. The summed E-state index contributed by atoms with van der Waals surface area (Å²) in [7, 11) is 0. The van der Waals surface area contributed by atoms with Gasteiger partial charge >= 0.3 is 0 Å². The van der Waals surface area contributed by atoms with Gasteiger partial charge in [0.25, 0.3) is 5.56 Å². The molecule has 1 N–H and O–H groups in total. The maximum absolute atomic E-state index is 12.8. The smallest absolute Gasteiger partial charge is 0.251 e. The summed E-state index contributed by atoms with van der Waals surface area (Å²) in [6, 6.07) is 4.79. The molecule has 3 aromatic rings. The van der Waals surface area contributed by atoms with E-state index in [9.17, 15) is 9.59 Å². The molecule has 1 unspecified atom stereocenters. The summed E-state index contributed by atoms with van der Waals surface area (Å²) in [6.07, 6.45) is 5.01. The van der Waals surface area contributed by atoms with Crippen LogP contribution >= 0.6 is 0 Å². The number of hydrogen-bond acceptors (Lipinski definition) is 7. The van der Waals surface area contributed by atoms with Gasteiger partial charge in [-0.25, -0.2) is 9.61 Å². The third-order valence-corrected chi connectivity index (χ3v) is 4.67. The summed E-state index contributed by atoms with van der Waals surface area (Å²) in [5.74, 6) is 0.396. The molecule has 138 valence electrons. The second kappa shape index (κ2) is 7.10. The van der Waals surface area contributed by atoms with Crippen molar-refractivity contribution in [2.45, 2.75) is 32.2 Å². The van der Waals surface area contributed by atoms with Gasteiger partial charge in [-0.1, -0.05) is 10.3 Å². The van der Waals surface area contributed by atoms with E-state index >= 15 is 0 Å². The van der Waals surface area contributed by atoms with Crippen LogP contribution in [0.3, 0.4) is 0 Å². The van der Waals surface area contributed by atoms with Crippen LogP contribution in [0, 0.1) is 6.92 Å². The maximum Gasteiger partial charge on any atom is 0.251 e. The minimum Gasteiger partial charge on any atom is -0.332 e. The van der Waals surface area contributed by atoms with E-state index in [-0.39, 0.29) is 23.9 Å². The highest BCUT2D eigenvalue weighted by Gasteiger charge is 2.32. The van der Waals surface area contributed by atoms with Crippen LogP contribution in [-0.2, 0) is 11.2 Å². The largest absolute Gasteiger partial charge is 0.332 e. The van der Waals surface area contributed by atoms with E-state index in [4.69, 9.17) is 0 Å². The van der Waals surface area contributed by atoms with Gasteiger partial charge in [-0.05, 0) is 31.9 Å². The molecule has 1 aliphatic heterocycles. The number of aryl methyl sites for hydroxylation is 1. The molecule has 1 amide bonds. The first kappa shape index (κ1) is 17.1. The molecule has 0 radical (unpaired) electrons. The fraction of sp³-hybridized carbons (Fsp3) is 0.333.